The predicted molar refractivity (Wildman–Crippen MR) is 320 cm³/mol. The first-order chi connectivity index (χ1) is 38.7. The number of hydrogen-bond acceptors (Lipinski definition) is 5. The van der Waals surface area contributed by atoms with Crippen LogP contribution in [-0.2, 0) is 0 Å². The van der Waals surface area contributed by atoms with E-state index < -0.39 is 0 Å². The third kappa shape index (κ3) is 6.28. The van der Waals surface area contributed by atoms with E-state index in [-0.39, 0.29) is 0 Å². The van der Waals surface area contributed by atoms with Crippen LogP contribution in [0.15, 0.2) is 264 Å². The fraction of sp³-hybridized carbons (Fsp3) is 0. The third-order valence-corrected chi connectivity index (χ3v) is 15.8. The lowest BCUT2D eigenvalue weighted by molar-refractivity contribution is 0.668. The molecule has 0 N–H and O–H groups in total. The molecule has 11 aromatic carbocycles. The molecule has 6 aromatic heterocycles. The highest BCUT2D eigenvalue weighted by molar-refractivity contribution is 6.18. The monoisotopic (exact) mass is 998 g/mol. The van der Waals surface area contributed by atoms with Crippen molar-refractivity contribution in [3.05, 3.63) is 255 Å². The van der Waals surface area contributed by atoms with E-state index in [1.807, 2.05) is 24.3 Å². The molecule has 0 aliphatic carbocycles. The summed E-state index contributed by atoms with van der Waals surface area (Å²) in [6.07, 6.45) is 0. The van der Waals surface area contributed by atoms with Gasteiger partial charge in [-0.15, -0.1) is 0 Å². The van der Waals surface area contributed by atoms with Crippen LogP contribution in [-0.4, -0.2) is 23.7 Å². The first-order valence-corrected chi connectivity index (χ1v) is 26.3. The molecule has 0 spiro atoms. The van der Waals surface area contributed by atoms with Crippen molar-refractivity contribution in [2.24, 2.45) is 0 Å². The average molecular weight is 999 g/mol. The van der Waals surface area contributed by atoms with E-state index in [1.165, 1.54) is 0 Å². The zero-order chi connectivity index (χ0) is 51.0. The molecule has 0 amide bonds. The Morgan fingerprint density at radius 2 is 0.679 bits per heavy atom. The number of rotatable bonds is 7. The maximum absolute atomic E-state index is 6.60. The first kappa shape index (κ1) is 42.6. The van der Waals surface area contributed by atoms with Crippen molar-refractivity contribution >= 4 is 126 Å². The van der Waals surface area contributed by atoms with Crippen LogP contribution >= 0.6 is 0 Å². The Kier molecular flexibility index (Phi) is 8.96. The highest BCUT2D eigenvalue weighted by Crippen LogP contribution is 2.43. The fourth-order valence-electron chi connectivity index (χ4n) is 12.4. The zero-order valence-electron chi connectivity index (χ0n) is 41.7. The van der Waals surface area contributed by atoms with Gasteiger partial charge in [0.1, 0.15) is 34.0 Å². The van der Waals surface area contributed by atoms with Gasteiger partial charge in [0.2, 0.25) is 5.95 Å². The van der Waals surface area contributed by atoms with Crippen molar-refractivity contribution in [2.45, 2.75) is 0 Å². The van der Waals surface area contributed by atoms with Gasteiger partial charge in [-0.3, -0.25) is 13.7 Å². The van der Waals surface area contributed by atoms with Crippen LogP contribution in [0.25, 0.3) is 138 Å². The molecule has 0 saturated carbocycles. The second-order valence-corrected chi connectivity index (χ2v) is 20.2. The molecule has 8 nitrogen and oxygen atoms in total. The van der Waals surface area contributed by atoms with Crippen LogP contribution in [0.3, 0.4) is 0 Å². The Balaban J connectivity index is 0.933. The van der Waals surface area contributed by atoms with Gasteiger partial charge in [0, 0.05) is 83.1 Å². The van der Waals surface area contributed by atoms with Crippen molar-refractivity contribution in [2.75, 3.05) is 4.90 Å². The largest absolute Gasteiger partial charge is 0.456 e. The fourth-order valence-corrected chi connectivity index (χ4v) is 12.4. The molecule has 78 heavy (non-hydrogen) atoms. The zero-order valence-corrected chi connectivity index (χ0v) is 41.7. The van der Waals surface area contributed by atoms with Crippen molar-refractivity contribution in [3.8, 4) is 28.7 Å². The number of anilines is 3. The molecule has 0 radical (unpaired) electrons. The number of para-hydroxylation sites is 7. The third-order valence-electron chi connectivity index (χ3n) is 15.8. The maximum atomic E-state index is 6.60. The summed E-state index contributed by atoms with van der Waals surface area (Å²) in [4.78, 5) is 13.7. The Morgan fingerprint density at radius 3 is 1.28 bits per heavy atom. The smallest absolute Gasteiger partial charge is 0.238 e. The molecule has 8 heteroatoms. The lowest BCUT2D eigenvalue weighted by Gasteiger charge is -2.25. The lowest BCUT2D eigenvalue weighted by Crippen LogP contribution is -2.10. The molecule has 0 aliphatic heterocycles. The first-order valence-electron chi connectivity index (χ1n) is 26.3. The summed E-state index contributed by atoms with van der Waals surface area (Å²) >= 11 is 0. The summed E-state index contributed by atoms with van der Waals surface area (Å²) in [6, 6.07) is 90.3. The lowest BCUT2D eigenvalue weighted by atomic mass is 10.0. The highest BCUT2D eigenvalue weighted by atomic mass is 16.3. The quantitative estimate of drug-likeness (QED) is 0.159. The molecule has 6 heterocycles. The molecular weight excluding hydrogens is 957 g/mol. The Labute approximate surface area is 445 Å². The minimum Gasteiger partial charge on any atom is -0.456 e. The Hall–Kier alpha value is -10.7. The topological polar surface area (TPSA) is 70.1 Å². The Bertz CT molecular complexity index is 5250. The highest BCUT2D eigenvalue weighted by Gasteiger charge is 2.24. The molecule has 0 fully saturated rings. The minimum atomic E-state index is 0.536. The molecule has 0 aliphatic rings. The van der Waals surface area contributed by atoms with E-state index in [0.29, 0.717) is 5.95 Å². The number of nitrogens with zero attached hydrogens (tertiary/aromatic N) is 6. The van der Waals surface area contributed by atoms with E-state index in [2.05, 4.69) is 249 Å². The number of aromatic nitrogens is 5. The van der Waals surface area contributed by atoms with Crippen LogP contribution < -0.4 is 4.90 Å². The van der Waals surface area contributed by atoms with E-state index in [9.17, 15) is 0 Å². The van der Waals surface area contributed by atoms with E-state index in [0.717, 1.165) is 149 Å². The minimum absolute atomic E-state index is 0.536. The summed E-state index contributed by atoms with van der Waals surface area (Å²) in [6.45, 7) is 0. The normalized spacial score (nSPS) is 12.1. The van der Waals surface area contributed by atoms with Gasteiger partial charge in [-0.1, -0.05) is 140 Å². The second-order valence-electron chi connectivity index (χ2n) is 20.2. The number of fused-ring (bicyclic) bond motifs is 15. The summed E-state index contributed by atoms with van der Waals surface area (Å²) < 4.78 is 19.7. The molecule has 17 aromatic rings. The van der Waals surface area contributed by atoms with Crippen molar-refractivity contribution < 1.29 is 8.83 Å². The van der Waals surface area contributed by atoms with Crippen LogP contribution in [0, 0.1) is 0 Å². The van der Waals surface area contributed by atoms with Gasteiger partial charge in [0.05, 0.1) is 33.1 Å². The molecule has 0 bridgehead atoms. The van der Waals surface area contributed by atoms with Crippen LogP contribution in [0.4, 0.5) is 17.1 Å². The summed E-state index contributed by atoms with van der Waals surface area (Å²) in [5.41, 5.74) is 14.9. The number of furan rings is 2. The van der Waals surface area contributed by atoms with Crippen molar-refractivity contribution in [3.63, 3.8) is 0 Å². The molecule has 17 rings (SSSR count). The molecule has 0 atom stereocenters. The summed E-state index contributed by atoms with van der Waals surface area (Å²) in [7, 11) is 0. The van der Waals surface area contributed by atoms with Crippen LogP contribution in [0.5, 0.6) is 0 Å². The summed E-state index contributed by atoms with van der Waals surface area (Å²) in [5.74, 6) is 2.00. The van der Waals surface area contributed by atoms with Crippen molar-refractivity contribution in [1.82, 2.24) is 23.7 Å². The predicted octanol–water partition coefficient (Wildman–Crippen LogP) is 18.7. The Morgan fingerprint density at radius 1 is 0.256 bits per heavy atom. The molecule has 364 valence electrons. The van der Waals surface area contributed by atoms with Crippen LogP contribution in [0.1, 0.15) is 0 Å². The van der Waals surface area contributed by atoms with Gasteiger partial charge in [-0.2, -0.15) is 9.97 Å². The van der Waals surface area contributed by atoms with Gasteiger partial charge in [0.15, 0.2) is 0 Å². The molecule has 0 unspecified atom stereocenters. The molecular formula is C70H42N6O2. The van der Waals surface area contributed by atoms with Crippen LogP contribution in [0.2, 0.25) is 0 Å². The van der Waals surface area contributed by atoms with Crippen molar-refractivity contribution in [1.29, 1.82) is 0 Å². The average Bonchev–Trinajstić information content (AvgIpc) is 4.34. The van der Waals surface area contributed by atoms with Gasteiger partial charge < -0.3 is 13.7 Å². The van der Waals surface area contributed by atoms with Gasteiger partial charge in [0.25, 0.3) is 0 Å². The second kappa shape index (κ2) is 16.4. The SMILES string of the molecule is c1ccc(N(c2ccccc2)c2ccc3c(c2)c2ccccc2n3-c2cc(-n3c4ccccc4c4cc(-c5ccc6oc7ccccc7c6c5)ccc43)nc(-n3c4ccccc4c4cc5c(cc43)oc3ccccc35)n2)cc1. The standard InChI is InChI=1S/C70H42N6O2/c1-3-17-45(18-4-1)73(46-19-5-2-6-20-46)47-33-35-62-54(39-47)49-22-8-13-27-59(49)75(62)69-42-68(71-70(72-69)76-60-28-14-9-23-50(60)55-40-57-52-25-11-16-30-65(52)78-67(57)41-63(55)76)74-58-26-12-7-21-48(58)53-37-43(31-34-61(53)74)44-32-36-66-56(38-44)51-24-10-15-29-64(51)77-66/h1-42H. The van der Waals surface area contributed by atoms with E-state index in [1.54, 1.807) is 0 Å². The van der Waals surface area contributed by atoms with Gasteiger partial charge in [-0.05, 0) is 114 Å². The van der Waals surface area contributed by atoms with Gasteiger partial charge >= 0.3 is 0 Å². The number of hydrogen-bond donors (Lipinski definition) is 0. The van der Waals surface area contributed by atoms with Gasteiger partial charge in [-0.25, -0.2) is 0 Å². The number of benzene rings is 11. The maximum Gasteiger partial charge on any atom is 0.238 e. The van der Waals surface area contributed by atoms with E-state index in [4.69, 9.17) is 18.8 Å². The summed E-state index contributed by atoms with van der Waals surface area (Å²) in [5, 5.41) is 11.0. The molecule has 0 saturated heterocycles. The van der Waals surface area contributed by atoms with E-state index >= 15 is 0 Å².